The standard InChI is InChI=1S/C15H23N3O4S/c19-15(16-20)7-4-8-17-9-11-18(12-10-17)23(21,22)13-14-5-2-1-3-6-14/h1-3,5-6,20H,4,7-13H2,(H,16,19). The molecule has 0 unspecified atom stereocenters. The normalized spacial score (nSPS) is 17.1. The molecular formula is C15H23N3O4S. The first-order valence-electron chi connectivity index (χ1n) is 7.68. The van der Waals surface area contributed by atoms with Gasteiger partial charge in [-0.25, -0.2) is 13.9 Å². The number of nitrogens with one attached hydrogen (secondary N) is 1. The third kappa shape index (κ3) is 5.58. The minimum Gasteiger partial charge on any atom is -0.301 e. The molecule has 2 rings (SSSR count). The van der Waals surface area contributed by atoms with E-state index in [0.717, 1.165) is 12.1 Å². The van der Waals surface area contributed by atoms with Gasteiger partial charge in [-0.05, 0) is 18.5 Å². The van der Waals surface area contributed by atoms with Gasteiger partial charge < -0.3 is 4.90 Å². The number of hydrogen-bond donors (Lipinski definition) is 2. The molecule has 0 radical (unpaired) electrons. The highest BCUT2D eigenvalue weighted by atomic mass is 32.2. The van der Waals surface area contributed by atoms with Gasteiger partial charge in [0.15, 0.2) is 0 Å². The summed E-state index contributed by atoms with van der Waals surface area (Å²) < 4.78 is 26.4. The molecule has 8 heteroatoms. The van der Waals surface area contributed by atoms with Gasteiger partial charge >= 0.3 is 0 Å². The number of sulfonamides is 1. The van der Waals surface area contributed by atoms with Crippen LogP contribution in [0.4, 0.5) is 0 Å². The van der Waals surface area contributed by atoms with E-state index in [0.29, 0.717) is 32.6 Å². The van der Waals surface area contributed by atoms with E-state index in [-0.39, 0.29) is 12.2 Å². The van der Waals surface area contributed by atoms with Crippen molar-refractivity contribution in [2.24, 2.45) is 0 Å². The third-order valence-corrected chi connectivity index (χ3v) is 5.77. The van der Waals surface area contributed by atoms with Crippen LogP contribution in [-0.4, -0.2) is 61.5 Å². The second-order valence-electron chi connectivity index (χ2n) is 5.62. The van der Waals surface area contributed by atoms with Crippen molar-refractivity contribution in [2.45, 2.75) is 18.6 Å². The fourth-order valence-electron chi connectivity index (χ4n) is 2.63. The predicted molar refractivity (Wildman–Crippen MR) is 86.2 cm³/mol. The molecule has 0 bridgehead atoms. The number of hydroxylamine groups is 1. The highest BCUT2D eigenvalue weighted by molar-refractivity contribution is 7.88. The van der Waals surface area contributed by atoms with E-state index in [1.807, 2.05) is 30.3 Å². The fourth-order valence-corrected chi connectivity index (χ4v) is 4.14. The number of piperazine rings is 1. The largest absolute Gasteiger partial charge is 0.301 e. The summed E-state index contributed by atoms with van der Waals surface area (Å²) in [5.74, 6) is -0.362. The Morgan fingerprint density at radius 3 is 2.39 bits per heavy atom. The molecule has 1 aromatic carbocycles. The van der Waals surface area contributed by atoms with Crippen LogP contribution in [0, 0.1) is 0 Å². The number of amides is 1. The number of rotatable bonds is 7. The van der Waals surface area contributed by atoms with Gasteiger partial charge in [-0.1, -0.05) is 30.3 Å². The topological polar surface area (TPSA) is 90.0 Å². The zero-order chi connectivity index (χ0) is 16.7. The Hall–Kier alpha value is -1.48. The van der Waals surface area contributed by atoms with Crippen molar-refractivity contribution in [3.8, 4) is 0 Å². The Balaban J connectivity index is 1.78. The number of carbonyl (C=O) groups excluding carboxylic acids is 1. The highest BCUT2D eigenvalue weighted by Crippen LogP contribution is 2.13. The fraction of sp³-hybridized carbons (Fsp3) is 0.533. The summed E-state index contributed by atoms with van der Waals surface area (Å²) in [7, 11) is -3.29. The van der Waals surface area contributed by atoms with Gasteiger partial charge in [0.2, 0.25) is 15.9 Å². The van der Waals surface area contributed by atoms with E-state index in [1.165, 1.54) is 4.31 Å². The summed E-state index contributed by atoms with van der Waals surface area (Å²) in [5, 5.41) is 8.43. The molecule has 0 aromatic heterocycles. The molecule has 1 aliphatic rings. The van der Waals surface area contributed by atoms with Crippen LogP contribution in [0.2, 0.25) is 0 Å². The van der Waals surface area contributed by atoms with Crippen molar-refractivity contribution in [2.75, 3.05) is 32.7 Å². The third-order valence-electron chi connectivity index (χ3n) is 3.92. The summed E-state index contributed by atoms with van der Waals surface area (Å²) in [6.07, 6.45) is 0.909. The molecule has 2 N–H and O–H groups in total. The Kier molecular flexibility index (Phi) is 6.52. The molecular weight excluding hydrogens is 318 g/mol. The van der Waals surface area contributed by atoms with Gasteiger partial charge in [0.25, 0.3) is 0 Å². The average molecular weight is 341 g/mol. The van der Waals surface area contributed by atoms with Gasteiger partial charge in [0.05, 0.1) is 5.75 Å². The molecule has 1 amide bonds. The summed E-state index contributed by atoms with van der Waals surface area (Å²) in [6.45, 7) is 2.99. The van der Waals surface area contributed by atoms with Crippen molar-refractivity contribution in [3.63, 3.8) is 0 Å². The van der Waals surface area contributed by atoms with E-state index in [1.54, 1.807) is 5.48 Å². The highest BCUT2D eigenvalue weighted by Gasteiger charge is 2.26. The second-order valence-corrected chi connectivity index (χ2v) is 7.59. The zero-order valence-corrected chi connectivity index (χ0v) is 13.8. The molecule has 7 nitrogen and oxygen atoms in total. The van der Waals surface area contributed by atoms with E-state index < -0.39 is 15.9 Å². The molecule has 23 heavy (non-hydrogen) atoms. The first-order valence-corrected chi connectivity index (χ1v) is 9.29. The summed E-state index contributed by atoms with van der Waals surface area (Å²) in [5.41, 5.74) is 2.40. The van der Waals surface area contributed by atoms with Gasteiger partial charge in [-0.2, -0.15) is 4.31 Å². The summed E-state index contributed by atoms with van der Waals surface area (Å²) in [6, 6.07) is 9.18. The molecule has 0 spiro atoms. The van der Waals surface area contributed by atoms with Gasteiger partial charge in [0.1, 0.15) is 0 Å². The number of hydrogen-bond acceptors (Lipinski definition) is 5. The van der Waals surface area contributed by atoms with Gasteiger partial charge in [-0.3, -0.25) is 10.0 Å². The van der Waals surface area contributed by atoms with Crippen LogP contribution in [0.25, 0.3) is 0 Å². The Labute approximate surface area is 136 Å². The van der Waals surface area contributed by atoms with Crippen LogP contribution in [0.3, 0.4) is 0 Å². The van der Waals surface area contributed by atoms with E-state index in [9.17, 15) is 13.2 Å². The summed E-state index contributed by atoms with van der Waals surface area (Å²) >= 11 is 0. The maximum atomic E-state index is 12.4. The number of carbonyl (C=O) groups is 1. The van der Waals surface area contributed by atoms with Crippen LogP contribution in [0.15, 0.2) is 30.3 Å². The van der Waals surface area contributed by atoms with Crippen molar-refractivity contribution >= 4 is 15.9 Å². The molecule has 1 saturated heterocycles. The second kappa shape index (κ2) is 8.39. The maximum Gasteiger partial charge on any atom is 0.243 e. The zero-order valence-electron chi connectivity index (χ0n) is 13.0. The van der Waals surface area contributed by atoms with E-state index in [4.69, 9.17) is 5.21 Å². The quantitative estimate of drug-likeness (QED) is 0.554. The lowest BCUT2D eigenvalue weighted by molar-refractivity contribution is -0.129. The van der Waals surface area contributed by atoms with Crippen LogP contribution in [0.1, 0.15) is 18.4 Å². The van der Waals surface area contributed by atoms with Crippen LogP contribution < -0.4 is 5.48 Å². The Morgan fingerprint density at radius 2 is 1.78 bits per heavy atom. The lowest BCUT2D eigenvalue weighted by atomic mass is 10.2. The molecule has 1 aromatic rings. The van der Waals surface area contributed by atoms with Crippen molar-refractivity contribution in [3.05, 3.63) is 35.9 Å². The first kappa shape index (κ1) is 17.9. The molecule has 128 valence electrons. The average Bonchev–Trinajstić information content (AvgIpc) is 2.55. The smallest absolute Gasteiger partial charge is 0.243 e. The lowest BCUT2D eigenvalue weighted by Gasteiger charge is -2.34. The monoisotopic (exact) mass is 341 g/mol. The molecule has 1 fully saturated rings. The molecule has 1 heterocycles. The SMILES string of the molecule is O=C(CCCN1CCN(S(=O)(=O)Cc2ccccc2)CC1)NO. The molecule has 1 aliphatic heterocycles. The van der Waals surface area contributed by atoms with Gasteiger partial charge in [-0.15, -0.1) is 0 Å². The van der Waals surface area contributed by atoms with Crippen molar-refractivity contribution in [1.82, 2.24) is 14.7 Å². The van der Waals surface area contributed by atoms with Gasteiger partial charge in [0, 0.05) is 32.6 Å². The minimum absolute atomic E-state index is 0.0323. The lowest BCUT2D eigenvalue weighted by Crippen LogP contribution is -2.49. The Bertz CT molecular complexity index is 598. The first-order chi connectivity index (χ1) is 11.0. The maximum absolute atomic E-state index is 12.4. The Morgan fingerprint density at radius 1 is 1.13 bits per heavy atom. The predicted octanol–water partition coefficient (Wildman–Crippen LogP) is 0.420. The van der Waals surface area contributed by atoms with Crippen LogP contribution in [0.5, 0.6) is 0 Å². The van der Waals surface area contributed by atoms with Crippen LogP contribution >= 0.6 is 0 Å². The van der Waals surface area contributed by atoms with Crippen LogP contribution in [-0.2, 0) is 20.6 Å². The van der Waals surface area contributed by atoms with E-state index in [2.05, 4.69) is 4.90 Å². The van der Waals surface area contributed by atoms with Crippen molar-refractivity contribution < 1.29 is 18.4 Å². The molecule has 0 aliphatic carbocycles. The van der Waals surface area contributed by atoms with E-state index >= 15 is 0 Å². The van der Waals surface area contributed by atoms with Crippen molar-refractivity contribution in [1.29, 1.82) is 0 Å². The molecule has 0 atom stereocenters. The molecule has 0 saturated carbocycles. The minimum atomic E-state index is -3.29. The number of benzene rings is 1. The summed E-state index contributed by atoms with van der Waals surface area (Å²) in [4.78, 5) is 13.1. The number of nitrogens with zero attached hydrogens (tertiary/aromatic N) is 2.